The van der Waals surface area contributed by atoms with Gasteiger partial charge < -0.3 is 20.1 Å². The summed E-state index contributed by atoms with van der Waals surface area (Å²) in [6.45, 7) is -0.959. The van der Waals surface area contributed by atoms with Crippen LogP contribution in [0.1, 0.15) is 22.8 Å². The molecule has 2 bridgehead atoms. The van der Waals surface area contributed by atoms with Crippen molar-refractivity contribution in [3.05, 3.63) is 71.0 Å². The highest BCUT2D eigenvalue weighted by Gasteiger charge is 2.69. The number of nitrogens with one attached hydrogen (secondary N) is 2. The Bertz CT molecular complexity index is 1820. The number of carboxylic acid groups (broad SMARTS) is 1. The molecule has 3 N–H and O–H groups in total. The molecule has 2 saturated carbocycles. The second kappa shape index (κ2) is 11.2. The van der Waals surface area contributed by atoms with Gasteiger partial charge in [-0.2, -0.15) is 0 Å². The third-order valence-corrected chi connectivity index (χ3v) is 12.8. The van der Waals surface area contributed by atoms with Crippen LogP contribution in [-0.2, 0) is 19.2 Å². The van der Waals surface area contributed by atoms with Crippen molar-refractivity contribution in [2.45, 2.75) is 22.6 Å². The maximum absolute atomic E-state index is 13.5. The fraction of sp³-hybridized carbons (Fsp3) is 0.345. The molecule has 3 heterocycles. The highest BCUT2D eigenvalue weighted by atomic mass is 79.9. The Morgan fingerprint density at radius 3 is 2.55 bits per heavy atom. The van der Waals surface area contributed by atoms with Crippen LogP contribution in [0.15, 0.2) is 50.7 Å². The van der Waals surface area contributed by atoms with Crippen LogP contribution >= 0.6 is 62.2 Å². The molecule has 1 saturated heterocycles. The number of halogens is 3. The molecule has 7 rings (SSSR count). The number of amides is 3. The smallest absolute Gasteiger partial charge is 0.323 e. The maximum atomic E-state index is 13.5. The molecule has 2 aliphatic heterocycles. The van der Waals surface area contributed by atoms with E-state index in [9.17, 15) is 29.1 Å². The number of ether oxygens (including phenoxy) is 1. The Hall–Kier alpha value is -2.84. The zero-order valence-electron chi connectivity index (χ0n) is 22.4. The maximum Gasteiger partial charge on any atom is 0.323 e. The predicted molar refractivity (Wildman–Crippen MR) is 168 cm³/mol. The molecule has 15 heteroatoms. The third kappa shape index (κ3) is 4.87. The predicted octanol–water partition coefficient (Wildman–Crippen LogP) is 5.08. The molecule has 6 unspecified atom stereocenters. The number of H-pyrrole nitrogens is 1. The number of hydrogen-bond donors (Lipinski definition) is 3. The van der Waals surface area contributed by atoms with E-state index in [4.69, 9.17) is 27.9 Å². The van der Waals surface area contributed by atoms with Gasteiger partial charge in [-0.3, -0.25) is 28.9 Å². The zero-order valence-corrected chi connectivity index (χ0v) is 27.2. The number of carbonyl (C=O) groups excluding carboxylic acids is 3. The minimum atomic E-state index is -1.23. The molecule has 10 nitrogen and oxygen atoms in total. The third-order valence-electron chi connectivity index (χ3n) is 8.98. The van der Waals surface area contributed by atoms with Gasteiger partial charge in [-0.15, -0.1) is 11.8 Å². The quantitative estimate of drug-likeness (QED) is 0.285. The van der Waals surface area contributed by atoms with Gasteiger partial charge in [0.25, 0.3) is 5.91 Å². The normalized spacial score (nSPS) is 28.1. The lowest BCUT2D eigenvalue weighted by Gasteiger charge is -2.43. The Labute approximate surface area is 276 Å². The van der Waals surface area contributed by atoms with E-state index in [-0.39, 0.29) is 40.4 Å². The molecular weight excluding hydrogens is 717 g/mol. The van der Waals surface area contributed by atoms with Gasteiger partial charge in [0.15, 0.2) is 6.61 Å². The molecule has 3 aromatic rings. The van der Waals surface area contributed by atoms with Crippen LogP contribution in [0.5, 0.6) is 5.75 Å². The summed E-state index contributed by atoms with van der Waals surface area (Å²) in [6, 6.07) is 10.2. The molecule has 2 aromatic carbocycles. The number of thioether (sulfide) groups is 1. The first-order chi connectivity index (χ1) is 21.0. The largest absolute Gasteiger partial charge is 0.483 e. The molecule has 44 heavy (non-hydrogen) atoms. The van der Waals surface area contributed by atoms with E-state index in [1.54, 1.807) is 24.3 Å². The van der Waals surface area contributed by atoms with Gasteiger partial charge in [0.1, 0.15) is 12.3 Å². The molecule has 0 radical (unpaired) electrons. The summed E-state index contributed by atoms with van der Waals surface area (Å²) in [5.41, 5.74) is 1.21. The molecule has 3 fully saturated rings. The summed E-state index contributed by atoms with van der Waals surface area (Å²) in [6.07, 6.45) is 0.655. The highest BCUT2D eigenvalue weighted by Crippen LogP contribution is 2.69. The van der Waals surface area contributed by atoms with E-state index < -0.39 is 42.1 Å². The van der Waals surface area contributed by atoms with E-state index in [0.717, 1.165) is 36.2 Å². The van der Waals surface area contributed by atoms with Gasteiger partial charge in [-0.25, -0.2) is 0 Å². The Kier molecular flexibility index (Phi) is 7.60. The summed E-state index contributed by atoms with van der Waals surface area (Å²) in [5.74, 6) is -4.09. The number of aliphatic carboxylic acids is 1. The van der Waals surface area contributed by atoms with Crippen LogP contribution in [-0.4, -0.2) is 57.1 Å². The number of fused-ring (bicyclic) bond motifs is 9. The van der Waals surface area contributed by atoms with Crippen LogP contribution in [0.4, 0.5) is 5.69 Å². The topological polar surface area (TPSA) is 146 Å². The molecule has 0 spiro atoms. The molecular formula is C29H22BrCl2N3O7S2. The fourth-order valence-electron chi connectivity index (χ4n) is 7.53. The lowest BCUT2D eigenvalue weighted by atomic mass is 9.68. The van der Waals surface area contributed by atoms with Crippen LogP contribution in [0.3, 0.4) is 0 Å². The average Bonchev–Trinajstić information content (AvgIpc) is 3.70. The minimum Gasteiger partial charge on any atom is -0.483 e. The number of anilines is 1. The molecule has 3 amide bonds. The summed E-state index contributed by atoms with van der Waals surface area (Å²) in [7, 11) is 0. The summed E-state index contributed by atoms with van der Waals surface area (Å²) in [4.78, 5) is 68.1. The van der Waals surface area contributed by atoms with Gasteiger partial charge in [-0.1, -0.05) is 50.5 Å². The number of rotatable bonds is 7. The second-order valence-electron chi connectivity index (χ2n) is 11.3. The van der Waals surface area contributed by atoms with Crippen LogP contribution < -0.4 is 14.9 Å². The van der Waals surface area contributed by atoms with Crippen molar-refractivity contribution < 1.29 is 29.0 Å². The molecule has 7 atom stereocenters. The number of imide groups is 1. The Morgan fingerprint density at radius 2 is 1.82 bits per heavy atom. The number of aromatic amines is 1. The Morgan fingerprint density at radius 1 is 1.07 bits per heavy atom. The van der Waals surface area contributed by atoms with E-state index in [2.05, 4.69) is 26.2 Å². The number of aromatic nitrogens is 1. The SMILES string of the molecule is O=C(O)CN1C(=O)C2C3CC(C2C1=O)C1C3Sc2[nH]c(=O)sc2[C@@H]1c1cc(Br)ccc1OCC(=O)Nc1ccc(Cl)c(Cl)c1. The number of carbonyl (C=O) groups is 4. The van der Waals surface area contributed by atoms with Gasteiger partial charge >= 0.3 is 10.8 Å². The van der Waals surface area contributed by atoms with Crippen LogP contribution in [0, 0.1) is 29.6 Å². The number of benzene rings is 2. The number of thiazole rings is 1. The van der Waals surface area contributed by atoms with Crippen molar-refractivity contribution in [3.63, 3.8) is 0 Å². The van der Waals surface area contributed by atoms with Gasteiger partial charge in [0.2, 0.25) is 11.8 Å². The lowest BCUT2D eigenvalue weighted by molar-refractivity contribution is -0.149. The van der Waals surface area contributed by atoms with Gasteiger partial charge in [-0.05, 0) is 60.6 Å². The Balaban J connectivity index is 1.22. The zero-order chi connectivity index (χ0) is 31.0. The lowest BCUT2D eigenvalue weighted by Crippen LogP contribution is -2.42. The summed E-state index contributed by atoms with van der Waals surface area (Å²) < 4.78 is 6.86. The van der Waals surface area contributed by atoms with Crippen molar-refractivity contribution >= 4 is 91.6 Å². The van der Waals surface area contributed by atoms with Crippen LogP contribution in [0.2, 0.25) is 10.0 Å². The number of hydrogen-bond acceptors (Lipinski definition) is 8. The van der Waals surface area contributed by atoms with Gasteiger partial charge in [0.05, 0.1) is 26.9 Å². The van der Waals surface area contributed by atoms with E-state index >= 15 is 0 Å². The van der Waals surface area contributed by atoms with Crippen molar-refractivity contribution in [3.8, 4) is 5.75 Å². The molecule has 228 valence electrons. The van der Waals surface area contributed by atoms with Crippen molar-refractivity contribution in [2.24, 2.45) is 29.6 Å². The standard InChI is InChI=1S/C29H22BrCl2N3O7S2/c30-10-1-4-17(42-9-18(36)33-11-2-3-15(31)16(32)6-11)12(5-10)20-21-13-7-14(24(21)43-26-25(20)44-29(41)34-26)23-22(13)27(39)35(28(23)40)8-19(37)38/h1-6,13-14,20-24H,7-9H2,(H,33,36)(H,34,41)(H,37,38)/t13?,14?,20-,21?,22?,23?,24?/m1/s1. The molecule has 2 aliphatic carbocycles. The first-order valence-electron chi connectivity index (χ1n) is 13.7. The van der Waals surface area contributed by atoms with Crippen molar-refractivity contribution in [1.29, 1.82) is 0 Å². The van der Waals surface area contributed by atoms with E-state index in [0.29, 0.717) is 27.9 Å². The minimum absolute atomic E-state index is 0.0877. The summed E-state index contributed by atoms with van der Waals surface area (Å²) in [5, 5.41) is 13.4. The average molecular weight is 739 g/mol. The van der Waals surface area contributed by atoms with Crippen molar-refractivity contribution in [1.82, 2.24) is 9.88 Å². The van der Waals surface area contributed by atoms with Gasteiger partial charge in [0, 0.05) is 31.8 Å². The number of carboxylic acids is 1. The summed E-state index contributed by atoms with van der Waals surface area (Å²) >= 11 is 18.2. The van der Waals surface area contributed by atoms with E-state index in [1.807, 2.05) is 6.07 Å². The first-order valence-corrected chi connectivity index (χ1v) is 16.9. The fourth-order valence-corrected chi connectivity index (χ4v) is 11.1. The monoisotopic (exact) mass is 737 g/mol. The number of likely N-dealkylation sites (tertiary alicyclic amines) is 1. The second-order valence-corrected chi connectivity index (χ2v) is 15.2. The molecule has 1 aromatic heterocycles. The van der Waals surface area contributed by atoms with E-state index in [1.165, 1.54) is 17.8 Å². The first kappa shape index (κ1) is 29.8. The molecule has 4 aliphatic rings. The van der Waals surface area contributed by atoms with Crippen LogP contribution in [0.25, 0.3) is 0 Å². The van der Waals surface area contributed by atoms with Crippen molar-refractivity contribution in [2.75, 3.05) is 18.5 Å². The number of nitrogens with zero attached hydrogens (tertiary/aromatic N) is 1. The highest BCUT2D eigenvalue weighted by molar-refractivity contribution is 9.10.